The SMILES string of the molecule is O=C(O)c1ccc(Nc2ncc(I)c(Cl)n2)cc1. The smallest absolute Gasteiger partial charge is 0.335 e. The molecule has 0 fully saturated rings. The monoisotopic (exact) mass is 375 g/mol. The van der Waals surface area contributed by atoms with E-state index in [0.717, 1.165) is 3.57 Å². The summed E-state index contributed by atoms with van der Waals surface area (Å²) in [6, 6.07) is 6.27. The molecule has 1 aromatic carbocycles. The van der Waals surface area contributed by atoms with Crippen molar-refractivity contribution in [3.8, 4) is 0 Å². The van der Waals surface area contributed by atoms with Gasteiger partial charge in [0.05, 0.1) is 9.13 Å². The highest BCUT2D eigenvalue weighted by molar-refractivity contribution is 14.1. The van der Waals surface area contributed by atoms with Gasteiger partial charge in [-0.05, 0) is 46.9 Å². The summed E-state index contributed by atoms with van der Waals surface area (Å²) < 4.78 is 0.765. The fraction of sp³-hybridized carbons (Fsp3) is 0. The van der Waals surface area contributed by atoms with Crippen LogP contribution in [0.2, 0.25) is 5.15 Å². The minimum Gasteiger partial charge on any atom is -0.478 e. The van der Waals surface area contributed by atoms with Crippen LogP contribution >= 0.6 is 34.2 Å². The minimum atomic E-state index is -0.963. The minimum absolute atomic E-state index is 0.224. The summed E-state index contributed by atoms with van der Waals surface area (Å²) in [7, 11) is 0. The molecule has 0 aliphatic heterocycles. The number of anilines is 2. The first-order valence-electron chi connectivity index (χ1n) is 4.84. The molecule has 0 saturated carbocycles. The van der Waals surface area contributed by atoms with Crippen molar-refractivity contribution in [1.29, 1.82) is 0 Å². The van der Waals surface area contributed by atoms with Gasteiger partial charge in [-0.25, -0.2) is 9.78 Å². The van der Waals surface area contributed by atoms with E-state index in [1.807, 2.05) is 22.6 Å². The molecule has 1 heterocycles. The zero-order valence-corrected chi connectivity index (χ0v) is 11.8. The second kappa shape index (κ2) is 5.49. The Morgan fingerprint density at radius 2 is 2.00 bits per heavy atom. The number of nitrogens with zero attached hydrogens (tertiary/aromatic N) is 2. The van der Waals surface area contributed by atoms with Crippen molar-refractivity contribution < 1.29 is 9.90 Å². The number of carboxylic acid groups (broad SMARTS) is 1. The van der Waals surface area contributed by atoms with Gasteiger partial charge < -0.3 is 10.4 Å². The quantitative estimate of drug-likeness (QED) is 0.637. The molecule has 0 aliphatic rings. The zero-order chi connectivity index (χ0) is 13.1. The van der Waals surface area contributed by atoms with E-state index in [-0.39, 0.29) is 5.56 Å². The van der Waals surface area contributed by atoms with E-state index in [1.54, 1.807) is 18.3 Å². The van der Waals surface area contributed by atoms with Gasteiger partial charge in [0.15, 0.2) is 0 Å². The normalized spacial score (nSPS) is 10.1. The Hall–Kier alpha value is -1.41. The predicted molar refractivity (Wildman–Crippen MR) is 76.4 cm³/mol. The van der Waals surface area contributed by atoms with Gasteiger partial charge in [-0.15, -0.1) is 0 Å². The number of carboxylic acids is 1. The van der Waals surface area contributed by atoms with Crippen molar-refractivity contribution in [2.75, 3.05) is 5.32 Å². The standard InChI is InChI=1S/C11H7ClIN3O2/c12-9-8(13)5-14-11(16-9)15-7-3-1-6(2-4-7)10(17)18/h1-5H,(H,17,18)(H,14,15,16). The molecular formula is C11H7ClIN3O2. The lowest BCUT2D eigenvalue weighted by molar-refractivity contribution is 0.0697. The van der Waals surface area contributed by atoms with Crippen LogP contribution in [0.15, 0.2) is 30.5 Å². The van der Waals surface area contributed by atoms with E-state index in [1.165, 1.54) is 12.1 Å². The molecule has 0 bridgehead atoms. The number of carbonyl (C=O) groups is 1. The molecule has 0 saturated heterocycles. The summed E-state index contributed by atoms with van der Waals surface area (Å²) in [5.74, 6) is -0.599. The number of halogens is 2. The first-order valence-corrected chi connectivity index (χ1v) is 6.30. The molecule has 0 unspecified atom stereocenters. The third-order valence-electron chi connectivity index (χ3n) is 2.09. The van der Waals surface area contributed by atoms with Crippen LogP contribution in [0.25, 0.3) is 0 Å². The fourth-order valence-electron chi connectivity index (χ4n) is 1.23. The first-order chi connectivity index (χ1) is 8.56. The van der Waals surface area contributed by atoms with Crippen LogP contribution in [0.5, 0.6) is 0 Å². The fourth-order valence-corrected chi connectivity index (χ4v) is 1.62. The summed E-state index contributed by atoms with van der Waals surface area (Å²) in [5, 5.41) is 12.1. The first kappa shape index (κ1) is 13.0. The Balaban J connectivity index is 2.18. The largest absolute Gasteiger partial charge is 0.478 e. The van der Waals surface area contributed by atoms with E-state index in [9.17, 15) is 4.79 Å². The molecular weight excluding hydrogens is 368 g/mol. The number of aromatic carboxylic acids is 1. The van der Waals surface area contributed by atoms with Crippen LogP contribution < -0.4 is 5.32 Å². The van der Waals surface area contributed by atoms with E-state index < -0.39 is 5.97 Å². The highest BCUT2D eigenvalue weighted by Crippen LogP contribution is 2.19. The average Bonchev–Trinajstić information content (AvgIpc) is 2.34. The number of hydrogen-bond donors (Lipinski definition) is 2. The maximum Gasteiger partial charge on any atom is 0.335 e. The van der Waals surface area contributed by atoms with Crippen LogP contribution in [-0.2, 0) is 0 Å². The molecule has 92 valence electrons. The number of benzene rings is 1. The third kappa shape index (κ3) is 3.08. The second-order valence-corrected chi connectivity index (χ2v) is 4.86. The molecule has 1 aromatic heterocycles. The van der Waals surface area contributed by atoms with Gasteiger partial charge in [0.2, 0.25) is 5.95 Å². The van der Waals surface area contributed by atoms with Gasteiger partial charge in [0.1, 0.15) is 5.15 Å². The van der Waals surface area contributed by atoms with Crippen molar-refractivity contribution in [3.05, 3.63) is 44.7 Å². The molecule has 0 atom stereocenters. The predicted octanol–water partition coefficient (Wildman–Crippen LogP) is 3.18. The molecule has 2 rings (SSSR count). The molecule has 7 heteroatoms. The van der Waals surface area contributed by atoms with Crippen molar-refractivity contribution in [3.63, 3.8) is 0 Å². The van der Waals surface area contributed by atoms with Gasteiger partial charge in [-0.2, -0.15) is 4.98 Å². The number of nitrogens with one attached hydrogen (secondary N) is 1. The number of hydrogen-bond acceptors (Lipinski definition) is 4. The van der Waals surface area contributed by atoms with Crippen LogP contribution in [0.1, 0.15) is 10.4 Å². The Kier molecular flexibility index (Phi) is 3.97. The summed E-state index contributed by atoms with van der Waals surface area (Å²) >= 11 is 7.90. The van der Waals surface area contributed by atoms with Gasteiger partial charge in [-0.3, -0.25) is 0 Å². The molecule has 2 N–H and O–H groups in total. The van der Waals surface area contributed by atoms with Gasteiger partial charge in [0.25, 0.3) is 0 Å². The maximum atomic E-state index is 10.7. The second-order valence-electron chi connectivity index (χ2n) is 3.34. The Morgan fingerprint density at radius 3 is 2.56 bits per heavy atom. The Bertz CT molecular complexity index is 589. The lowest BCUT2D eigenvalue weighted by Gasteiger charge is -2.05. The van der Waals surface area contributed by atoms with Crippen LogP contribution in [0.4, 0.5) is 11.6 Å². The molecule has 0 amide bonds. The summed E-state index contributed by atoms with van der Waals surface area (Å²) in [5.41, 5.74) is 0.916. The van der Waals surface area contributed by atoms with Crippen molar-refractivity contribution in [1.82, 2.24) is 9.97 Å². The summed E-state index contributed by atoms with van der Waals surface area (Å²) in [6.07, 6.45) is 1.60. The zero-order valence-electron chi connectivity index (χ0n) is 8.89. The van der Waals surface area contributed by atoms with E-state index in [4.69, 9.17) is 16.7 Å². The molecule has 5 nitrogen and oxygen atoms in total. The number of aromatic nitrogens is 2. The third-order valence-corrected chi connectivity index (χ3v) is 3.49. The highest BCUT2D eigenvalue weighted by atomic mass is 127. The van der Waals surface area contributed by atoms with Gasteiger partial charge in [0, 0.05) is 11.9 Å². The maximum absolute atomic E-state index is 10.7. The molecule has 2 aromatic rings. The molecule has 18 heavy (non-hydrogen) atoms. The lowest BCUT2D eigenvalue weighted by atomic mass is 10.2. The highest BCUT2D eigenvalue weighted by Gasteiger charge is 2.04. The molecule has 0 aliphatic carbocycles. The van der Waals surface area contributed by atoms with Crippen LogP contribution in [0, 0.1) is 3.57 Å². The topological polar surface area (TPSA) is 75.1 Å². The lowest BCUT2D eigenvalue weighted by Crippen LogP contribution is -1.99. The van der Waals surface area contributed by atoms with Crippen molar-refractivity contribution in [2.24, 2.45) is 0 Å². The van der Waals surface area contributed by atoms with E-state index in [0.29, 0.717) is 16.8 Å². The van der Waals surface area contributed by atoms with Crippen LogP contribution in [-0.4, -0.2) is 21.0 Å². The van der Waals surface area contributed by atoms with E-state index in [2.05, 4.69) is 15.3 Å². The van der Waals surface area contributed by atoms with E-state index >= 15 is 0 Å². The Labute approximate surface area is 121 Å². The summed E-state index contributed by atoms with van der Waals surface area (Å²) in [6.45, 7) is 0. The molecule has 0 radical (unpaired) electrons. The number of rotatable bonds is 3. The Morgan fingerprint density at radius 1 is 1.33 bits per heavy atom. The average molecular weight is 376 g/mol. The van der Waals surface area contributed by atoms with Gasteiger partial charge >= 0.3 is 5.97 Å². The van der Waals surface area contributed by atoms with Gasteiger partial charge in [-0.1, -0.05) is 11.6 Å². The van der Waals surface area contributed by atoms with Crippen molar-refractivity contribution >= 4 is 51.8 Å². The summed E-state index contributed by atoms with van der Waals surface area (Å²) in [4.78, 5) is 18.8. The van der Waals surface area contributed by atoms with Crippen molar-refractivity contribution in [2.45, 2.75) is 0 Å². The molecule has 0 spiro atoms. The van der Waals surface area contributed by atoms with Crippen LogP contribution in [0.3, 0.4) is 0 Å².